The molecular formula is C21H27ClIN5O. The fourth-order valence-corrected chi connectivity index (χ4v) is 3.42. The molecular weight excluding hydrogens is 501 g/mol. The number of piperazine rings is 1. The van der Waals surface area contributed by atoms with Crippen LogP contribution < -0.4 is 5.32 Å². The summed E-state index contributed by atoms with van der Waals surface area (Å²) in [5.41, 5.74) is 3.54. The molecule has 156 valence electrons. The Morgan fingerprint density at radius 1 is 1.24 bits per heavy atom. The zero-order valence-electron chi connectivity index (χ0n) is 16.8. The van der Waals surface area contributed by atoms with Crippen molar-refractivity contribution in [1.29, 1.82) is 0 Å². The molecule has 3 rings (SSSR count). The SMILES string of the molecule is CN=C(NCCc1ccncc1C)N1CCN(Cc2ccc(Cl)cc2)C(=O)C1.I. The third-order valence-electron chi connectivity index (χ3n) is 4.93. The topological polar surface area (TPSA) is 60.8 Å². The maximum atomic E-state index is 12.6. The van der Waals surface area contributed by atoms with Gasteiger partial charge in [-0.2, -0.15) is 0 Å². The van der Waals surface area contributed by atoms with Gasteiger partial charge in [0.15, 0.2) is 5.96 Å². The van der Waals surface area contributed by atoms with Crippen molar-refractivity contribution < 1.29 is 4.79 Å². The summed E-state index contributed by atoms with van der Waals surface area (Å²) in [5.74, 6) is 0.875. The number of halogens is 2. The molecule has 1 saturated heterocycles. The predicted molar refractivity (Wildman–Crippen MR) is 128 cm³/mol. The molecule has 0 aliphatic carbocycles. The highest BCUT2D eigenvalue weighted by molar-refractivity contribution is 14.0. The molecule has 0 bridgehead atoms. The third-order valence-corrected chi connectivity index (χ3v) is 5.18. The molecule has 1 aliphatic heterocycles. The molecule has 8 heteroatoms. The zero-order chi connectivity index (χ0) is 19.9. The first-order chi connectivity index (χ1) is 13.6. The van der Waals surface area contributed by atoms with Gasteiger partial charge in [0, 0.05) is 50.6 Å². The van der Waals surface area contributed by atoms with E-state index in [1.807, 2.05) is 52.5 Å². The van der Waals surface area contributed by atoms with Crippen LogP contribution in [0, 0.1) is 6.92 Å². The van der Waals surface area contributed by atoms with E-state index in [9.17, 15) is 4.79 Å². The van der Waals surface area contributed by atoms with E-state index in [4.69, 9.17) is 11.6 Å². The lowest BCUT2D eigenvalue weighted by molar-refractivity contribution is -0.135. The molecule has 0 saturated carbocycles. The molecule has 1 aromatic heterocycles. The van der Waals surface area contributed by atoms with Crippen molar-refractivity contribution in [2.75, 3.05) is 33.2 Å². The number of aliphatic imine (C=N–C) groups is 1. The second kappa shape index (κ2) is 11.3. The van der Waals surface area contributed by atoms with Gasteiger partial charge in [0.05, 0.1) is 6.54 Å². The number of hydrogen-bond donors (Lipinski definition) is 1. The lowest BCUT2D eigenvalue weighted by atomic mass is 10.1. The minimum Gasteiger partial charge on any atom is -0.356 e. The highest BCUT2D eigenvalue weighted by Gasteiger charge is 2.25. The first-order valence-corrected chi connectivity index (χ1v) is 9.82. The number of aromatic nitrogens is 1. The highest BCUT2D eigenvalue weighted by atomic mass is 127. The monoisotopic (exact) mass is 527 g/mol. The number of rotatable bonds is 5. The Morgan fingerprint density at radius 2 is 2.00 bits per heavy atom. The number of pyridine rings is 1. The maximum Gasteiger partial charge on any atom is 0.242 e. The van der Waals surface area contributed by atoms with Gasteiger partial charge in [-0.05, 0) is 48.2 Å². The molecule has 1 amide bonds. The van der Waals surface area contributed by atoms with Crippen LogP contribution in [0.15, 0.2) is 47.7 Å². The summed E-state index contributed by atoms with van der Waals surface area (Å²) in [6.45, 7) is 5.20. The molecule has 2 aromatic rings. The van der Waals surface area contributed by atoms with Gasteiger partial charge in [-0.15, -0.1) is 24.0 Å². The normalized spacial score (nSPS) is 14.6. The van der Waals surface area contributed by atoms with E-state index in [2.05, 4.69) is 22.2 Å². The fraction of sp³-hybridized carbons (Fsp3) is 0.381. The van der Waals surface area contributed by atoms with E-state index in [-0.39, 0.29) is 29.9 Å². The van der Waals surface area contributed by atoms with E-state index >= 15 is 0 Å². The summed E-state index contributed by atoms with van der Waals surface area (Å²) in [7, 11) is 1.75. The molecule has 1 fully saturated rings. The van der Waals surface area contributed by atoms with Crippen molar-refractivity contribution in [2.24, 2.45) is 4.99 Å². The van der Waals surface area contributed by atoms with E-state index in [0.717, 1.165) is 31.0 Å². The predicted octanol–water partition coefficient (Wildman–Crippen LogP) is 3.12. The van der Waals surface area contributed by atoms with Crippen molar-refractivity contribution in [3.05, 3.63) is 64.4 Å². The number of nitrogens with one attached hydrogen (secondary N) is 1. The molecule has 0 radical (unpaired) electrons. The van der Waals surface area contributed by atoms with Crippen molar-refractivity contribution in [2.45, 2.75) is 19.9 Å². The first kappa shape index (κ1) is 23.4. The molecule has 0 unspecified atom stereocenters. The Labute approximate surface area is 194 Å². The minimum absolute atomic E-state index is 0. The van der Waals surface area contributed by atoms with Crippen LogP contribution >= 0.6 is 35.6 Å². The van der Waals surface area contributed by atoms with Crippen LogP contribution in [0.5, 0.6) is 0 Å². The minimum atomic E-state index is 0. The van der Waals surface area contributed by atoms with Crippen LogP contribution in [0.1, 0.15) is 16.7 Å². The molecule has 0 atom stereocenters. The number of carbonyl (C=O) groups is 1. The molecule has 2 heterocycles. The number of nitrogens with zero attached hydrogens (tertiary/aromatic N) is 4. The summed E-state index contributed by atoms with van der Waals surface area (Å²) < 4.78 is 0. The van der Waals surface area contributed by atoms with Crippen LogP contribution in [-0.4, -0.2) is 59.9 Å². The van der Waals surface area contributed by atoms with Crippen LogP contribution in [0.3, 0.4) is 0 Å². The number of amides is 1. The van der Waals surface area contributed by atoms with Crippen molar-refractivity contribution in [3.8, 4) is 0 Å². The molecule has 1 aromatic carbocycles. The Balaban J connectivity index is 0.00000300. The van der Waals surface area contributed by atoms with Crippen molar-refractivity contribution in [3.63, 3.8) is 0 Å². The van der Waals surface area contributed by atoms with Gasteiger partial charge in [0.2, 0.25) is 5.91 Å². The Morgan fingerprint density at radius 3 is 2.66 bits per heavy atom. The highest BCUT2D eigenvalue weighted by Crippen LogP contribution is 2.13. The van der Waals surface area contributed by atoms with Gasteiger partial charge in [0.25, 0.3) is 0 Å². The van der Waals surface area contributed by atoms with Crippen LogP contribution in [0.25, 0.3) is 0 Å². The molecule has 1 aliphatic rings. The molecule has 29 heavy (non-hydrogen) atoms. The maximum absolute atomic E-state index is 12.6. The second-order valence-electron chi connectivity index (χ2n) is 6.89. The number of aryl methyl sites for hydroxylation is 1. The van der Waals surface area contributed by atoms with Crippen LogP contribution in [0.2, 0.25) is 5.02 Å². The van der Waals surface area contributed by atoms with Gasteiger partial charge < -0.3 is 15.1 Å². The zero-order valence-corrected chi connectivity index (χ0v) is 19.9. The Bertz CT molecular complexity index is 843. The molecule has 0 spiro atoms. The second-order valence-corrected chi connectivity index (χ2v) is 7.33. The van der Waals surface area contributed by atoms with Crippen molar-refractivity contribution >= 4 is 47.4 Å². The van der Waals surface area contributed by atoms with E-state index < -0.39 is 0 Å². The van der Waals surface area contributed by atoms with Gasteiger partial charge in [-0.25, -0.2) is 0 Å². The summed E-state index contributed by atoms with van der Waals surface area (Å²) >= 11 is 5.93. The summed E-state index contributed by atoms with van der Waals surface area (Å²) in [6.07, 6.45) is 4.58. The number of guanidine groups is 1. The van der Waals surface area contributed by atoms with Gasteiger partial charge in [0.1, 0.15) is 0 Å². The average molecular weight is 528 g/mol. The van der Waals surface area contributed by atoms with Gasteiger partial charge >= 0.3 is 0 Å². The largest absolute Gasteiger partial charge is 0.356 e. The Kier molecular flexibility index (Phi) is 9.16. The quantitative estimate of drug-likeness (QED) is 0.369. The smallest absolute Gasteiger partial charge is 0.242 e. The number of hydrogen-bond acceptors (Lipinski definition) is 3. The van der Waals surface area contributed by atoms with Gasteiger partial charge in [-0.3, -0.25) is 14.8 Å². The van der Waals surface area contributed by atoms with Gasteiger partial charge in [-0.1, -0.05) is 23.7 Å². The first-order valence-electron chi connectivity index (χ1n) is 9.44. The van der Waals surface area contributed by atoms with E-state index in [0.29, 0.717) is 24.7 Å². The summed E-state index contributed by atoms with van der Waals surface area (Å²) in [4.78, 5) is 25.0. The lowest BCUT2D eigenvalue weighted by Gasteiger charge is -2.36. The van der Waals surface area contributed by atoms with Crippen LogP contribution in [-0.2, 0) is 17.8 Å². The Hall–Kier alpha value is -1.87. The standard InChI is InChI=1S/C21H26ClN5O.HI/c1-16-13-24-9-7-18(16)8-10-25-21(23-2)27-12-11-26(20(28)15-27)14-17-3-5-19(22)6-4-17;/h3-7,9,13H,8,10-12,14-15H2,1-2H3,(H,23,25);1H. The average Bonchev–Trinajstić information content (AvgIpc) is 2.70. The van der Waals surface area contributed by atoms with Crippen LogP contribution in [0.4, 0.5) is 0 Å². The molecule has 6 nitrogen and oxygen atoms in total. The third kappa shape index (κ3) is 6.57. The summed E-state index contributed by atoms with van der Waals surface area (Å²) in [5, 5.41) is 4.08. The molecule has 1 N–H and O–H groups in total. The fourth-order valence-electron chi connectivity index (χ4n) is 3.29. The number of carbonyl (C=O) groups excluding carboxylic acids is 1. The lowest BCUT2D eigenvalue weighted by Crippen LogP contribution is -2.55. The van der Waals surface area contributed by atoms with E-state index in [1.54, 1.807) is 7.05 Å². The number of benzene rings is 1. The van der Waals surface area contributed by atoms with Crippen molar-refractivity contribution in [1.82, 2.24) is 20.1 Å². The van der Waals surface area contributed by atoms with E-state index in [1.165, 1.54) is 11.1 Å². The summed E-state index contributed by atoms with van der Waals surface area (Å²) in [6, 6.07) is 9.67.